The first-order valence-electron chi connectivity index (χ1n) is 6.98. The van der Waals surface area contributed by atoms with Crippen LogP contribution < -0.4 is 0 Å². The molecule has 1 fully saturated rings. The van der Waals surface area contributed by atoms with E-state index in [1.54, 1.807) is 5.56 Å². The van der Waals surface area contributed by atoms with Crippen LogP contribution in [0.15, 0.2) is 24.3 Å². The molecule has 1 aliphatic heterocycles. The van der Waals surface area contributed by atoms with Crippen molar-refractivity contribution in [3.05, 3.63) is 35.5 Å². The van der Waals surface area contributed by atoms with Gasteiger partial charge in [0.1, 0.15) is 0 Å². The largest absolute Gasteiger partial charge is 0.346 e. The van der Waals surface area contributed by atoms with Crippen molar-refractivity contribution in [1.82, 2.24) is 9.47 Å². The van der Waals surface area contributed by atoms with Gasteiger partial charge in [-0.3, -0.25) is 4.90 Å². The fraction of sp³-hybridized carbons (Fsp3) is 0.500. The van der Waals surface area contributed by atoms with Gasteiger partial charge in [-0.05, 0) is 44.4 Å². The summed E-state index contributed by atoms with van der Waals surface area (Å²) in [5.41, 5.74) is 5.02. The molecule has 4 rings (SSSR count). The highest BCUT2D eigenvalue weighted by Gasteiger charge is 2.44. The third-order valence-electron chi connectivity index (χ3n) is 5.33. The minimum Gasteiger partial charge on any atom is -0.346 e. The summed E-state index contributed by atoms with van der Waals surface area (Å²) in [6.45, 7) is 1.11. The smallest absolute Gasteiger partial charge is 0.0483 e. The zero-order chi connectivity index (χ0) is 12.3. The Balaban J connectivity index is 1.94. The summed E-state index contributed by atoms with van der Waals surface area (Å²) in [6.07, 6.45) is 5.42. The predicted molar refractivity (Wildman–Crippen MR) is 74.7 cm³/mol. The van der Waals surface area contributed by atoms with E-state index in [0.717, 1.165) is 6.54 Å². The van der Waals surface area contributed by atoms with Gasteiger partial charge in [0.2, 0.25) is 0 Å². The third-order valence-corrected chi connectivity index (χ3v) is 5.33. The molecule has 0 N–H and O–H groups in total. The lowest BCUT2D eigenvalue weighted by atomic mass is 9.69. The van der Waals surface area contributed by atoms with Crippen molar-refractivity contribution in [3.8, 4) is 0 Å². The third kappa shape index (κ3) is 1.17. The van der Waals surface area contributed by atoms with Crippen LogP contribution in [0.3, 0.4) is 0 Å². The second-order valence-corrected chi connectivity index (χ2v) is 6.11. The molecule has 0 saturated heterocycles. The van der Waals surface area contributed by atoms with Crippen LogP contribution >= 0.6 is 0 Å². The number of fused-ring (bicyclic) bond motifs is 3. The summed E-state index contributed by atoms with van der Waals surface area (Å²) in [7, 11) is 4.52. The fourth-order valence-corrected chi connectivity index (χ4v) is 3.92. The highest BCUT2D eigenvalue weighted by molar-refractivity contribution is 5.86. The van der Waals surface area contributed by atoms with Crippen LogP contribution in [0.5, 0.6) is 0 Å². The molecule has 2 nitrogen and oxygen atoms in total. The first-order valence-corrected chi connectivity index (χ1v) is 6.98. The Morgan fingerprint density at radius 3 is 2.61 bits per heavy atom. The molecular formula is C16H20N2. The van der Waals surface area contributed by atoms with Crippen LogP contribution in [0.4, 0.5) is 0 Å². The highest BCUT2D eigenvalue weighted by atomic mass is 15.2. The quantitative estimate of drug-likeness (QED) is 0.687. The Hall–Kier alpha value is -1.28. The minimum atomic E-state index is 0.483. The maximum Gasteiger partial charge on any atom is 0.0483 e. The molecule has 0 unspecified atom stereocenters. The molecule has 18 heavy (non-hydrogen) atoms. The lowest BCUT2D eigenvalue weighted by molar-refractivity contribution is 0.0200. The molecule has 0 radical (unpaired) electrons. The van der Waals surface area contributed by atoms with E-state index in [9.17, 15) is 0 Å². The number of hydrogen-bond donors (Lipinski definition) is 0. The molecule has 0 atom stereocenters. The molecule has 1 aromatic carbocycles. The van der Waals surface area contributed by atoms with Crippen molar-refractivity contribution < 1.29 is 0 Å². The first kappa shape index (κ1) is 10.6. The molecule has 2 aromatic rings. The van der Waals surface area contributed by atoms with E-state index in [1.807, 2.05) is 0 Å². The van der Waals surface area contributed by atoms with Crippen molar-refractivity contribution >= 4 is 10.9 Å². The second kappa shape index (κ2) is 3.39. The molecule has 2 aliphatic rings. The van der Waals surface area contributed by atoms with Crippen LogP contribution in [0.1, 0.15) is 30.5 Å². The summed E-state index contributed by atoms with van der Waals surface area (Å²) in [4.78, 5) is 2.59. The van der Waals surface area contributed by atoms with Gasteiger partial charge in [-0.2, -0.15) is 0 Å². The number of rotatable bonds is 0. The van der Waals surface area contributed by atoms with Gasteiger partial charge >= 0.3 is 0 Å². The Labute approximate surface area is 108 Å². The standard InChI is InChI=1S/C16H20N2/c1-17-11-15-13(10-16(17)8-5-9-16)12-6-3-4-7-14(12)18(15)2/h3-4,6-7H,5,8-11H2,1-2H3. The van der Waals surface area contributed by atoms with Crippen LogP contribution in [0.25, 0.3) is 10.9 Å². The van der Waals surface area contributed by atoms with Gasteiger partial charge in [-0.1, -0.05) is 18.2 Å². The summed E-state index contributed by atoms with van der Waals surface area (Å²) in [6, 6.07) is 8.87. The number of benzene rings is 1. The van der Waals surface area contributed by atoms with Gasteiger partial charge in [-0.15, -0.1) is 0 Å². The predicted octanol–water partition coefficient (Wildman–Crippen LogP) is 3.09. The van der Waals surface area contributed by atoms with Crippen LogP contribution in [-0.2, 0) is 20.0 Å². The number of aryl methyl sites for hydroxylation is 1. The molecule has 94 valence electrons. The van der Waals surface area contributed by atoms with Gasteiger partial charge in [-0.25, -0.2) is 0 Å². The number of likely N-dealkylation sites (N-methyl/N-ethyl adjacent to an activating group) is 1. The average molecular weight is 240 g/mol. The lowest BCUT2D eigenvalue weighted by Crippen LogP contribution is -2.55. The maximum atomic E-state index is 2.59. The second-order valence-electron chi connectivity index (χ2n) is 6.11. The van der Waals surface area contributed by atoms with Crippen molar-refractivity contribution in [2.45, 2.75) is 37.8 Å². The molecule has 1 saturated carbocycles. The number of nitrogens with zero attached hydrogens (tertiary/aromatic N) is 2. The average Bonchev–Trinajstić information content (AvgIpc) is 2.61. The summed E-state index contributed by atoms with van der Waals surface area (Å²) < 4.78 is 2.40. The van der Waals surface area contributed by atoms with E-state index in [0.29, 0.717) is 5.54 Å². The first-order chi connectivity index (χ1) is 8.71. The van der Waals surface area contributed by atoms with Crippen LogP contribution in [0, 0.1) is 0 Å². The molecular weight excluding hydrogens is 220 g/mol. The monoisotopic (exact) mass is 240 g/mol. The van der Waals surface area contributed by atoms with Crippen LogP contribution in [-0.4, -0.2) is 22.1 Å². The zero-order valence-corrected chi connectivity index (χ0v) is 11.2. The van der Waals surface area contributed by atoms with E-state index in [2.05, 4.69) is 47.8 Å². The van der Waals surface area contributed by atoms with Crippen LogP contribution in [0.2, 0.25) is 0 Å². The van der Waals surface area contributed by atoms with Crippen molar-refractivity contribution in [1.29, 1.82) is 0 Å². The molecule has 1 aromatic heterocycles. The van der Waals surface area contributed by atoms with Gasteiger partial charge in [0, 0.05) is 35.7 Å². The fourth-order valence-electron chi connectivity index (χ4n) is 3.92. The SMILES string of the molecule is CN1Cc2c(c3ccccc3n2C)CC12CCC2. The van der Waals surface area contributed by atoms with E-state index in [1.165, 1.54) is 42.3 Å². The summed E-state index contributed by atoms with van der Waals surface area (Å²) in [5, 5.41) is 1.48. The topological polar surface area (TPSA) is 8.17 Å². The van der Waals surface area contributed by atoms with Gasteiger partial charge in [0.05, 0.1) is 0 Å². The van der Waals surface area contributed by atoms with Crippen molar-refractivity contribution in [3.63, 3.8) is 0 Å². The van der Waals surface area contributed by atoms with E-state index in [4.69, 9.17) is 0 Å². The Bertz CT molecular complexity index is 619. The maximum absolute atomic E-state index is 2.59. The van der Waals surface area contributed by atoms with Gasteiger partial charge in [0.15, 0.2) is 0 Å². The Morgan fingerprint density at radius 2 is 1.89 bits per heavy atom. The Morgan fingerprint density at radius 1 is 1.11 bits per heavy atom. The minimum absolute atomic E-state index is 0.483. The zero-order valence-electron chi connectivity index (χ0n) is 11.2. The molecule has 1 spiro atoms. The molecule has 0 bridgehead atoms. The molecule has 2 heterocycles. The highest BCUT2D eigenvalue weighted by Crippen LogP contribution is 2.46. The molecule has 2 heteroatoms. The van der Waals surface area contributed by atoms with E-state index in [-0.39, 0.29) is 0 Å². The summed E-state index contributed by atoms with van der Waals surface area (Å²) in [5.74, 6) is 0. The number of aromatic nitrogens is 1. The van der Waals surface area contributed by atoms with Gasteiger partial charge in [0.25, 0.3) is 0 Å². The number of hydrogen-bond acceptors (Lipinski definition) is 1. The summed E-state index contributed by atoms with van der Waals surface area (Å²) >= 11 is 0. The molecule has 0 amide bonds. The van der Waals surface area contributed by atoms with E-state index >= 15 is 0 Å². The number of para-hydroxylation sites is 1. The lowest BCUT2D eigenvalue weighted by Gasteiger charge is -2.51. The van der Waals surface area contributed by atoms with Crippen molar-refractivity contribution in [2.75, 3.05) is 7.05 Å². The molecule has 1 aliphatic carbocycles. The van der Waals surface area contributed by atoms with Gasteiger partial charge < -0.3 is 4.57 Å². The van der Waals surface area contributed by atoms with E-state index < -0.39 is 0 Å². The van der Waals surface area contributed by atoms with Crippen molar-refractivity contribution in [2.24, 2.45) is 7.05 Å². The Kier molecular flexibility index (Phi) is 2.00. The normalized spacial score (nSPS) is 22.1.